The average molecular weight is 424 g/mol. The average Bonchev–Trinajstić information content (AvgIpc) is 3.28. The normalized spacial score (nSPS) is 11.2. The third kappa shape index (κ3) is 3.05. The van der Waals surface area contributed by atoms with Gasteiger partial charge >= 0.3 is 0 Å². The minimum Gasteiger partial charge on any atom is -0.328 e. The smallest absolute Gasteiger partial charge is 0.256 e. The van der Waals surface area contributed by atoms with Gasteiger partial charge in [-0.15, -0.1) is 0 Å². The summed E-state index contributed by atoms with van der Waals surface area (Å²) in [6.07, 6.45) is 0. The van der Waals surface area contributed by atoms with Crippen molar-refractivity contribution < 1.29 is 4.79 Å². The van der Waals surface area contributed by atoms with Gasteiger partial charge in [-0.05, 0) is 36.8 Å². The van der Waals surface area contributed by atoms with E-state index in [1.165, 1.54) is 0 Å². The number of thiocarbonyl (C=S) groups is 1. The Morgan fingerprint density at radius 3 is 2.10 bits per heavy atom. The Morgan fingerprint density at radius 2 is 1.42 bits per heavy atom. The van der Waals surface area contributed by atoms with Crippen molar-refractivity contribution in [3.63, 3.8) is 0 Å². The van der Waals surface area contributed by atoms with Crippen molar-refractivity contribution in [2.45, 2.75) is 6.92 Å². The van der Waals surface area contributed by atoms with Gasteiger partial charge in [0, 0.05) is 23.9 Å². The van der Waals surface area contributed by atoms with E-state index < -0.39 is 0 Å². The molecular weight excluding hydrogens is 402 g/mol. The molecule has 152 valence electrons. The molecule has 3 aromatic carbocycles. The Bertz CT molecular complexity index is 1450. The summed E-state index contributed by atoms with van der Waals surface area (Å²) in [6.45, 7) is 2.10. The van der Waals surface area contributed by atoms with Gasteiger partial charge in [-0.3, -0.25) is 9.20 Å². The lowest BCUT2D eigenvalue weighted by Gasteiger charge is -2.11. The van der Waals surface area contributed by atoms with Crippen LogP contribution in [0, 0.1) is 6.92 Å². The maximum absolute atomic E-state index is 12.9. The van der Waals surface area contributed by atoms with E-state index in [9.17, 15) is 4.79 Å². The van der Waals surface area contributed by atoms with Crippen LogP contribution in [-0.4, -0.2) is 19.9 Å². The van der Waals surface area contributed by atoms with Gasteiger partial charge in [-0.1, -0.05) is 72.9 Å². The topological polar surface area (TPSA) is 38.4 Å². The summed E-state index contributed by atoms with van der Waals surface area (Å²) in [6, 6.07) is 27.6. The van der Waals surface area contributed by atoms with Crippen LogP contribution in [0.3, 0.4) is 0 Å². The number of carbonyl (C=O) groups is 1. The van der Waals surface area contributed by atoms with Gasteiger partial charge in [-0.25, -0.2) is 0 Å². The molecule has 2 heterocycles. The van der Waals surface area contributed by atoms with Crippen molar-refractivity contribution in [3.8, 4) is 11.1 Å². The first-order valence-corrected chi connectivity index (χ1v) is 10.5. The zero-order chi connectivity index (χ0) is 21.5. The molecule has 0 aliphatic rings. The van der Waals surface area contributed by atoms with E-state index in [2.05, 4.69) is 45.5 Å². The number of rotatable bonds is 3. The maximum atomic E-state index is 12.9. The summed E-state index contributed by atoms with van der Waals surface area (Å²) < 4.78 is 4.37. The number of hydrogen-bond donors (Lipinski definition) is 1. The molecule has 0 bridgehead atoms. The maximum Gasteiger partial charge on any atom is 0.256 e. The van der Waals surface area contributed by atoms with E-state index >= 15 is 0 Å². The summed E-state index contributed by atoms with van der Waals surface area (Å²) in [7, 11) is 2.04. The van der Waals surface area contributed by atoms with E-state index in [1.807, 2.05) is 55.6 Å². The number of nitrogens with one attached hydrogen (secondary N) is 1. The summed E-state index contributed by atoms with van der Waals surface area (Å²) in [5.41, 5.74) is 7.82. The fraction of sp³-hybridized carbons (Fsp3) is 0.0769. The molecule has 0 aliphatic heterocycles. The van der Waals surface area contributed by atoms with Crippen LogP contribution in [0.1, 0.15) is 21.6 Å². The summed E-state index contributed by atoms with van der Waals surface area (Å²) in [5, 5.41) is 2.97. The van der Waals surface area contributed by atoms with Crippen LogP contribution >= 0.6 is 12.2 Å². The van der Waals surface area contributed by atoms with Crippen LogP contribution in [-0.2, 0) is 7.05 Å². The molecule has 1 amide bonds. The molecule has 0 unspecified atom stereocenters. The molecule has 0 saturated carbocycles. The predicted molar refractivity (Wildman–Crippen MR) is 130 cm³/mol. The number of fused-ring (bicyclic) bond motifs is 3. The Morgan fingerprint density at radius 1 is 0.839 bits per heavy atom. The van der Waals surface area contributed by atoms with Crippen LogP contribution < -0.4 is 5.32 Å². The number of amides is 1. The molecule has 5 heteroatoms. The van der Waals surface area contributed by atoms with Gasteiger partial charge in [-0.2, -0.15) is 0 Å². The molecule has 31 heavy (non-hydrogen) atoms. The highest BCUT2D eigenvalue weighted by Gasteiger charge is 2.25. The lowest BCUT2D eigenvalue weighted by molar-refractivity contribution is 0.0978. The first kappa shape index (κ1) is 19.3. The van der Waals surface area contributed by atoms with Crippen molar-refractivity contribution in [1.82, 2.24) is 14.3 Å². The SMILES string of the molecule is Cc1c(-c2ccccc2)c(C(=S)NC(=O)c2ccccc2)c2n(C)c3ccccc3n12. The quantitative estimate of drug-likeness (QED) is 0.389. The Balaban J connectivity index is 1.75. The van der Waals surface area contributed by atoms with Gasteiger partial charge in [0.05, 0.1) is 16.6 Å². The van der Waals surface area contributed by atoms with E-state index in [0.717, 1.165) is 39.1 Å². The van der Waals surface area contributed by atoms with Crippen LogP contribution in [0.2, 0.25) is 0 Å². The molecule has 0 radical (unpaired) electrons. The van der Waals surface area contributed by atoms with Crippen molar-refractivity contribution in [2.24, 2.45) is 7.05 Å². The van der Waals surface area contributed by atoms with Crippen molar-refractivity contribution in [3.05, 3.63) is 102 Å². The fourth-order valence-electron chi connectivity index (χ4n) is 4.34. The first-order valence-electron chi connectivity index (χ1n) is 10.1. The monoisotopic (exact) mass is 423 g/mol. The van der Waals surface area contributed by atoms with Crippen LogP contribution in [0.4, 0.5) is 0 Å². The molecule has 2 aromatic heterocycles. The summed E-state index contributed by atoms with van der Waals surface area (Å²) in [5.74, 6) is -0.208. The van der Waals surface area contributed by atoms with Crippen molar-refractivity contribution >= 4 is 39.8 Å². The minimum atomic E-state index is -0.208. The van der Waals surface area contributed by atoms with E-state index in [-0.39, 0.29) is 5.91 Å². The van der Waals surface area contributed by atoms with Gasteiger partial charge < -0.3 is 9.88 Å². The molecule has 1 N–H and O–H groups in total. The van der Waals surface area contributed by atoms with Gasteiger partial charge in [0.1, 0.15) is 10.6 Å². The number of imidazole rings is 1. The largest absolute Gasteiger partial charge is 0.328 e. The third-order valence-corrected chi connectivity index (χ3v) is 6.04. The Labute approximate surface area is 185 Å². The Kier molecular flexibility index (Phi) is 4.68. The third-order valence-electron chi connectivity index (χ3n) is 5.74. The zero-order valence-electron chi connectivity index (χ0n) is 17.3. The number of nitrogens with zero attached hydrogens (tertiary/aromatic N) is 2. The number of hydrogen-bond acceptors (Lipinski definition) is 2. The standard InChI is InChI=1S/C26H21N3OS/c1-17-22(18-11-5-3-6-12-18)23(25(31)27-24(30)19-13-7-4-8-14-19)26-28(2)20-15-9-10-16-21(20)29(17)26/h3-16H,1-2H3,(H,27,30,31). The lowest BCUT2D eigenvalue weighted by atomic mass is 10.0. The molecule has 0 saturated heterocycles. The molecule has 0 spiro atoms. The van der Waals surface area contributed by atoms with Gasteiger partial charge in [0.2, 0.25) is 0 Å². The number of aryl methyl sites for hydroxylation is 2. The molecule has 5 aromatic rings. The Hall–Kier alpha value is -3.70. The molecular formula is C26H21N3OS. The fourth-order valence-corrected chi connectivity index (χ4v) is 4.63. The number of para-hydroxylation sites is 2. The van der Waals surface area contributed by atoms with Crippen molar-refractivity contribution in [1.29, 1.82) is 0 Å². The highest BCUT2D eigenvalue weighted by molar-refractivity contribution is 7.80. The predicted octanol–water partition coefficient (Wildman–Crippen LogP) is 5.51. The van der Waals surface area contributed by atoms with Crippen LogP contribution in [0.5, 0.6) is 0 Å². The van der Waals surface area contributed by atoms with Crippen LogP contribution in [0.25, 0.3) is 27.8 Å². The molecule has 0 atom stereocenters. The van der Waals surface area contributed by atoms with Gasteiger partial charge in [0.25, 0.3) is 5.91 Å². The molecule has 0 aliphatic carbocycles. The van der Waals surface area contributed by atoms with E-state index in [1.54, 1.807) is 12.1 Å². The second-order valence-electron chi connectivity index (χ2n) is 7.56. The highest BCUT2D eigenvalue weighted by atomic mass is 32.1. The minimum absolute atomic E-state index is 0.208. The lowest BCUT2D eigenvalue weighted by Crippen LogP contribution is -2.30. The number of benzene rings is 3. The first-order chi connectivity index (χ1) is 15.1. The molecule has 4 nitrogen and oxygen atoms in total. The van der Waals surface area contributed by atoms with Crippen molar-refractivity contribution in [2.75, 3.05) is 0 Å². The number of aromatic nitrogens is 2. The van der Waals surface area contributed by atoms with Crippen LogP contribution in [0.15, 0.2) is 84.9 Å². The highest BCUT2D eigenvalue weighted by Crippen LogP contribution is 2.36. The van der Waals surface area contributed by atoms with E-state index in [4.69, 9.17) is 12.2 Å². The van der Waals surface area contributed by atoms with Gasteiger partial charge in [0.15, 0.2) is 0 Å². The number of carbonyl (C=O) groups excluding carboxylic acids is 1. The second-order valence-corrected chi connectivity index (χ2v) is 7.97. The second kappa shape index (κ2) is 7.52. The molecule has 0 fully saturated rings. The zero-order valence-corrected chi connectivity index (χ0v) is 18.1. The summed E-state index contributed by atoms with van der Waals surface area (Å²) in [4.78, 5) is 13.3. The molecule has 5 rings (SSSR count). The summed E-state index contributed by atoms with van der Waals surface area (Å²) >= 11 is 5.83. The van der Waals surface area contributed by atoms with E-state index in [0.29, 0.717) is 10.6 Å².